The monoisotopic (exact) mass is 745 g/mol. The molecule has 3 heterocycles. The van der Waals surface area contributed by atoms with E-state index in [4.69, 9.17) is 4.74 Å². The summed E-state index contributed by atoms with van der Waals surface area (Å²) < 4.78 is 11.1. The molecule has 3 atom stereocenters. The van der Waals surface area contributed by atoms with E-state index < -0.39 is 0 Å². The van der Waals surface area contributed by atoms with Crippen LogP contribution >= 0.6 is 0 Å². The molecule has 58 heavy (non-hydrogen) atoms. The van der Waals surface area contributed by atoms with Crippen LogP contribution in [0.25, 0.3) is 60.6 Å². The summed E-state index contributed by atoms with van der Waals surface area (Å²) in [5.74, 6) is 1.11. The van der Waals surface area contributed by atoms with Gasteiger partial charge in [0.05, 0.1) is 28.1 Å². The van der Waals surface area contributed by atoms with Gasteiger partial charge in [-0.1, -0.05) is 127 Å². The predicted octanol–water partition coefficient (Wildman–Crippen LogP) is 13.4. The maximum absolute atomic E-state index is 6.27. The lowest BCUT2D eigenvalue weighted by Crippen LogP contribution is -2.28. The average Bonchev–Trinajstić information content (AvgIpc) is 3.92. The van der Waals surface area contributed by atoms with Crippen LogP contribution in [0, 0.1) is 0 Å². The molecule has 0 spiro atoms. The van der Waals surface area contributed by atoms with Crippen molar-refractivity contribution in [2.24, 2.45) is 0 Å². The third kappa shape index (κ3) is 5.15. The lowest BCUT2D eigenvalue weighted by molar-refractivity contribution is 0.251. The Bertz CT molecular complexity index is 3190. The molecule has 3 unspecified atom stereocenters. The van der Waals surface area contributed by atoms with Gasteiger partial charge in [0.15, 0.2) is 0 Å². The quantitative estimate of drug-likeness (QED) is 0.169. The summed E-state index contributed by atoms with van der Waals surface area (Å²) >= 11 is 0. The third-order valence-corrected chi connectivity index (χ3v) is 12.3. The van der Waals surface area contributed by atoms with Gasteiger partial charge in [-0.2, -0.15) is 0 Å². The Kier molecular flexibility index (Phi) is 7.45. The molecule has 0 saturated heterocycles. The molecule has 0 fully saturated rings. The van der Waals surface area contributed by atoms with Crippen molar-refractivity contribution >= 4 is 60.6 Å². The summed E-state index contributed by atoms with van der Waals surface area (Å²) in [7, 11) is 0. The summed E-state index contributed by atoms with van der Waals surface area (Å²) in [5, 5.41) is 5.02. The first-order valence-corrected chi connectivity index (χ1v) is 20.3. The first-order valence-electron chi connectivity index (χ1n) is 20.3. The van der Waals surface area contributed by atoms with Crippen molar-refractivity contribution in [3.8, 4) is 17.1 Å². The molecule has 12 rings (SSSR count). The minimum atomic E-state index is 0.0781. The number of fused-ring (bicyclic) bond motifs is 9. The molecular weight excluding hydrogens is 707 g/mol. The van der Waals surface area contributed by atoms with Crippen LogP contribution in [0.15, 0.2) is 206 Å². The van der Waals surface area contributed by atoms with E-state index in [2.05, 4.69) is 220 Å². The second kappa shape index (κ2) is 13.1. The van der Waals surface area contributed by atoms with Crippen molar-refractivity contribution in [3.05, 3.63) is 217 Å². The normalized spacial score (nSPS) is 18.3. The molecule has 1 aliphatic heterocycles. The highest BCUT2D eigenvalue weighted by molar-refractivity contribution is 6.12. The van der Waals surface area contributed by atoms with Crippen LogP contribution in [0.4, 0.5) is 11.4 Å². The van der Waals surface area contributed by atoms with Gasteiger partial charge in [-0.3, -0.25) is 0 Å². The number of ether oxygens (including phenoxy) is 1. The molecule has 7 aromatic carbocycles. The van der Waals surface area contributed by atoms with Gasteiger partial charge in [-0.05, 0) is 95.6 Å². The molecule has 2 aromatic heterocycles. The summed E-state index contributed by atoms with van der Waals surface area (Å²) in [5.41, 5.74) is 13.4. The Balaban J connectivity index is 0.949. The van der Waals surface area contributed by atoms with Crippen molar-refractivity contribution < 1.29 is 4.74 Å². The van der Waals surface area contributed by atoms with Gasteiger partial charge in [-0.15, -0.1) is 0 Å². The van der Waals surface area contributed by atoms with Crippen LogP contribution in [0.3, 0.4) is 0 Å². The minimum absolute atomic E-state index is 0.0781. The van der Waals surface area contributed by atoms with Crippen LogP contribution in [0.1, 0.15) is 23.5 Å². The number of benzene rings is 7. The van der Waals surface area contributed by atoms with Gasteiger partial charge in [0, 0.05) is 56.6 Å². The molecule has 0 N–H and O–H groups in total. The highest BCUT2D eigenvalue weighted by atomic mass is 16.5. The fourth-order valence-corrected chi connectivity index (χ4v) is 9.73. The molecule has 0 bridgehead atoms. The number of anilines is 2. The molecule has 3 aliphatic rings. The van der Waals surface area contributed by atoms with Crippen molar-refractivity contribution in [2.45, 2.75) is 24.5 Å². The molecular formula is C54H39N3O. The van der Waals surface area contributed by atoms with Crippen LogP contribution in [0.5, 0.6) is 5.75 Å². The lowest BCUT2D eigenvalue weighted by atomic mass is 9.86. The number of hydrogen-bond acceptors (Lipinski definition) is 2. The molecule has 9 aromatic rings. The van der Waals surface area contributed by atoms with E-state index in [1.54, 1.807) is 0 Å². The van der Waals surface area contributed by atoms with E-state index in [1.165, 1.54) is 71.7 Å². The van der Waals surface area contributed by atoms with Gasteiger partial charge in [-0.25, -0.2) is 0 Å². The molecule has 4 heteroatoms. The van der Waals surface area contributed by atoms with Gasteiger partial charge < -0.3 is 18.8 Å². The first-order chi connectivity index (χ1) is 28.8. The van der Waals surface area contributed by atoms with Crippen molar-refractivity contribution in [1.82, 2.24) is 9.13 Å². The van der Waals surface area contributed by atoms with E-state index in [1.807, 2.05) is 0 Å². The Morgan fingerprint density at radius 1 is 0.500 bits per heavy atom. The molecule has 2 aliphatic carbocycles. The first kappa shape index (κ1) is 32.9. The summed E-state index contributed by atoms with van der Waals surface area (Å²) in [6.07, 6.45) is 16.6. The summed E-state index contributed by atoms with van der Waals surface area (Å²) in [4.78, 5) is 2.49. The number of allylic oxidation sites excluding steroid dienone is 4. The highest BCUT2D eigenvalue weighted by Gasteiger charge is 2.38. The topological polar surface area (TPSA) is 22.3 Å². The van der Waals surface area contributed by atoms with E-state index in [-0.39, 0.29) is 18.1 Å². The smallest absolute Gasteiger partial charge is 0.121 e. The second-order valence-corrected chi connectivity index (χ2v) is 15.6. The largest absolute Gasteiger partial charge is 0.486 e. The van der Waals surface area contributed by atoms with Gasteiger partial charge >= 0.3 is 0 Å². The van der Waals surface area contributed by atoms with E-state index >= 15 is 0 Å². The second-order valence-electron chi connectivity index (χ2n) is 15.6. The van der Waals surface area contributed by atoms with Crippen molar-refractivity contribution in [3.63, 3.8) is 0 Å². The van der Waals surface area contributed by atoms with E-state index in [0.717, 1.165) is 23.5 Å². The number of rotatable bonds is 6. The van der Waals surface area contributed by atoms with Gasteiger partial charge in [0.25, 0.3) is 0 Å². The van der Waals surface area contributed by atoms with E-state index in [0.29, 0.717) is 0 Å². The number of nitrogens with zero attached hydrogens (tertiary/aromatic N) is 3. The summed E-state index contributed by atoms with van der Waals surface area (Å²) in [6.45, 7) is 0. The molecule has 0 amide bonds. The molecule has 276 valence electrons. The van der Waals surface area contributed by atoms with Crippen molar-refractivity contribution in [1.29, 1.82) is 0 Å². The van der Waals surface area contributed by atoms with Crippen LogP contribution < -0.4 is 9.64 Å². The SMILES string of the molecule is C1=CCC(Oc2ccc(N3c4ccccc4C4C=C(c5ccc6c7ccccc7n(-c7ccc8c9ccccc9n(-c9ccccc9)c8c7)c6c5)C=CC43)cc2)C=C1. The highest BCUT2D eigenvalue weighted by Crippen LogP contribution is 2.49. The fourth-order valence-electron chi connectivity index (χ4n) is 9.73. The van der Waals surface area contributed by atoms with Crippen LogP contribution in [0.2, 0.25) is 0 Å². The van der Waals surface area contributed by atoms with Crippen LogP contribution in [-0.2, 0) is 0 Å². The number of hydrogen-bond donors (Lipinski definition) is 0. The zero-order chi connectivity index (χ0) is 38.2. The number of para-hydroxylation sites is 4. The molecule has 0 radical (unpaired) electrons. The average molecular weight is 746 g/mol. The lowest BCUT2D eigenvalue weighted by Gasteiger charge is -2.30. The zero-order valence-corrected chi connectivity index (χ0v) is 31.8. The Morgan fingerprint density at radius 3 is 1.93 bits per heavy atom. The number of aromatic nitrogens is 2. The van der Waals surface area contributed by atoms with Gasteiger partial charge in [0.1, 0.15) is 11.9 Å². The fraction of sp³-hybridized carbons (Fsp3) is 0.0741. The predicted molar refractivity (Wildman–Crippen MR) is 241 cm³/mol. The molecule has 4 nitrogen and oxygen atoms in total. The van der Waals surface area contributed by atoms with Crippen LogP contribution in [-0.4, -0.2) is 21.3 Å². The maximum atomic E-state index is 6.27. The molecule has 0 saturated carbocycles. The van der Waals surface area contributed by atoms with E-state index in [9.17, 15) is 0 Å². The Labute approximate surface area is 337 Å². The third-order valence-electron chi connectivity index (χ3n) is 12.3. The van der Waals surface area contributed by atoms with Gasteiger partial charge in [0.2, 0.25) is 0 Å². The minimum Gasteiger partial charge on any atom is -0.486 e. The Morgan fingerprint density at radius 2 is 1.16 bits per heavy atom. The summed E-state index contributed by atoms with van der Waals surface area (Å²) in [6, 6.07) is 60.0. The maximum Gasteiger partial charge on any atom is 0.121 e. The van der Waals surface area contributed by atoms with Crippen molar-refractivity contribution in [2.75, 3.05) is 4.90 Å². The standard InChI is InChI=1S/C54H39N3O/c1-3-13-38(14-4-1)56-49-20-10-7-18-44(49)47-31-27-40(35-54(47)56)57-50-21-11-8-17-43(50)46-30-23-37(34-53(46)57)36-24-32-52-48(33-36)45-19-9-12-22-51(45)55(52)39-25-28-42(29-26-39)58-41-15-5-2-6-16-41/h1-15,17-35,41,48,52H,16H2. The Hall–Kier alpha value is -7.30. The zero-order valence-electron chi connectivity index (χ0n) is 31.8.